The van der Waals surface area contributed by atoms with Crippen LogP contribution in [0.4, 0.5) is 0 Å². The second-order valence-electron chi connectivity index (χ2n) is 4.52. The number of rotatable bonds is 3. The summed E-state index contributed by atoms with van der Waals surface area (Å²) in [5.74, 6) is 0. The standard InChI is InChI=1S/C14H12Cl2O2S/c15-12-3-1-2-10(6-12)14(4-5-18-14)11-7-13(8-17)19(16)9-11/h1-3,6-9,19H,4-5H2. The highest BCUT2D eigenvalue weighted by molar-refractivity contribution is 8.42. The van der Waals surface area contributed by atoms with Crippen molar-refractivity contribution < 1.29 is 9.53 Å². The molecule has 0 aromatic heterocycles. The normalized spacial score (nSPS) is 31.4. The zero-order valence-electron chi connectivity index (χ0n) is 9.98. The lowest BCUT2D eigenvalue weighted by atomic mass is 9.80. The van der Waals surface area contributed by atoms with Crippen LogP contribution in [-0.2, 0) is 15.1 Å². The first kappa shape index (κ1) is 13.3. The molecule has 19 heavy (non-hydrogen) atoms. The summed E-state index contributed by atoms with van der Waals surface area (Å²) >= 11 is 6.05. The highest BCUT2D eigenvalue weighted by Gasteiger charge is 2.44. The van der Waals surface area contributed by atoms with Gasteiger partial charge in [-0.3, -0.25) is 4.79 Å². The lowest BCUT2D eigenvalue weighted by Gasteiger charge is -2.43. The predicted molar refractivity (Wildman–Crippen MR) is 80.8 cm³/mol. The molecular weight excluding hydrogens is 303 g/mol. The van der Waals surface area contributed by atoms with Gasteiger partial charge in [0.05, 0.1) is 6.61 Å². The van der Waals surface area contributed by atoms with Crippen molar-refractivity contribution in [1.82, 2.24) is 0 Å². The highest BCUT2D eigenvalue weighted by atomic mass is 35.7. The third kappa shape index (κ3) is 2.15. The Morgan fingerprint density at radius 2 is 2.21 bits per heavy atom. The largest absolute Gasteiger partial charge is 0.365 e. The van der Waals surface area contributed by atoms with Crippen molar-refractivity contribution in [2.24, 2.45) is 0 Å². The Labute approximate surface area is 123 Å². The number of carbonyl (C=O) groups excluding carboxylic acids is 1. The fourth-order valence-corrected chi connectivity index (χ4v) is 4.24. The van der Waals surface area contributed by atoms with Gasteiger partial charge in [-0.1, -0.05) is 34.4 Å². The number of carbonyl (C=O) groups is 1. The Hall–Kier alpha value is -0.740. The van der Waals surface area contributed by atoms with Crippen molar-refractivity contribution in [1.29, 1.82) is 0 Å². The monoisotopic (exact) mass is 314 g/mol. The first-order valence-electron chi connectivity index (χ1n) is 5.90. The lowest BCUT2D eigenvalue weighted by molar-refractivity contribution is -0.124. The molecule has 0 bridgehead atoms. The summed E-state index contributed by atoms with van der Waals surface area (Å²) in [5.41, 5.74) is 1.51. The molecule has 1 aromatic rings. The van der Waals surface area contributed by atoms with Crippen LogP contribution >= 0.6 is 32.4 Å². The van der Waals surface area contributed by atoms with E-state index in [0.717, 1.165) is 23.8 Å². The van der Waals surface area contributed by atoms with Crippen LogP contribution < -0.4 is 0 Å². The average Bonchev–Trinajstić information content (AvgIpc) is 2.69. The Morgan fingerprint density at radius 3 is 2.74 bits per heavy atom. The van der Waals surface area contributed by atoms with E-state index in [9.17, 15) is 4.79 Å². The molecule has 0 amide bonds. The smallest absolute Gasteiger partial charge is 0.156 e. The number of hydrogen-bond acceptors (Lipinski definition) is 2. The number of aldehydes is 1. The molecule has 0 spiro atoms. The van der Waals surface area contributed by atoms with Gasteiger partial charge in [0.15, 0.2) is 6.29 Å². The Bertz CT molecular complexity index is 591. The zero-order chi connectivity index (χ0) is 13.5. The fraction of sp³-hybridized carbons (Fsp3) is 0.214. The van der Waals surface area contributed by atoms with Gasteiger partial charge in [0.25, 0.3) is 0 Å². The molecule has 2 aliphatic rings. The Morgan fingerprint density at radius 1 is 1.42 bits per heavy atom. The number of allylic oxidation sites excluding steroid dienone is 1. The first-order valence-corrected chi connectivity index (χ1v) is 8.59. The zero-order valence-corrected chi connectivity index (χ0v) is 12.4. The van der Waals surface area contributed by atoms with Gasteiger partial charge in [-0.15, -0.1) is 10.1 Å². The van der Waals surface area contributed by atoms with Gasteiger partial charge in [-0.2, -0.15) is 0 Å². The van der Waals surface area contributed by atoms with Crippen LogP contribution in [0.1, 0.15) is 12.0 Å². The summed E-state index contributed by atoms with van der Waals surface area (Å²) < 4.78 is 5.85. The average molecular weight is 315 g/mol. The van der Waals surface area contributed by atoms with Gasteiger partial charge in [0.1, 0.15) is 5.60 Å². The van der Waals surface area contributed by atoms with E-state index in [1.165, 1.54) is 0 Å². The molecule has 3 rings (SSSR count). The van der Waals surface area contributed by atoms with Crippen molar-refractivity contribution in [3.63, 3.8) is 0 Å². The van der Waals surface area contributed by atoms with E-state index >= 15 is 0 Å². The second kappa shape index (κ2) is 4.98. The molecule has 2 unspecified atom stereocenters. The molecule has 100 valence electrons. The summed E-state index contributed by atoms with van der Waals surface area (Å²) in [6, 6.07) is 7.64. The first-order chi connectivity index (χ1) is 9.15. The summed E-state index contributed by atoms with van der Waals surface area (Å²) in [5, 5.41) is 2.62. The van der Waals surface area contributed by atoms with Crippen molar-refractivity contribution in [3.05, 3.63) is 56.8 Å². The van der Waals surface area contributed by atoms with Crippen LogP contribution in [0, 0.1) is 0 Å². The van der Waals surface area contributed by atoms with Crippen LogP contribution in [0.25, 0.3) is 0 Å². The van der Waals surface area contributed by atoms with Crippen LogP contribution in [-0.4, -0.2) is 12.9 Å². The minimum absolute atomic E-state index is 0.481. The summed E-state index contributed by atoms with van der Waals surface area (Å²) in [4.78, 5) is 11.6. The van der Waals surface area contributed by atoms with E-state index in [1.807, 2.05) is 35.7 Å². The van der Waals surface area contributed by atoms with E-state index in [1.54, 1.807) is 0 Å². The quantitative estimate of drug-likeness (QED) is 0.671. The number of thiol groups is 1. The molecule has 2 aliphatic heterocycles. The summed E-state index contributed by atoms with van der Waals surface area (Å²) in [6.07, 6.45) is 3.56. The molecule has 2 heterocycles. The molecule has 2 atom stereocenters. The maximum Gasteiger partial charge on any atom is 0.156 e. The van der Waals surface area contributed by atoms with Crippen LogP contribution in [0.3, 0.4) is 0 Å². The molecule has 0 radical (unpaired) electrons. The van der Waals surface area contributed by atoms with Gasteiger partial charge in [-0.05, 0) is 34.8 Å². The molecule has 5 heteroatoms. The van der Waals surface area contributed by atoms with E-state index in [2.05, 4.69) is 0 Å². The molecule has 1 saturated heterocycles. The van der Waals surface area contributed by atoms with E-state index in [4.69, 9.17) is 27.0 Å². The number of halogens is 2. The summed E-state index contributed by atoms with van der Waals surface area (Å²) in [7, 11) is 5.17. The third-order valence-corrected chi connectivity index (χ3v) is 5.83. The molecular formula is C14H12Cl2O2S. The molecule has 1 aromatic carbocycles. The van der Waals surface area contributed by atoms with Gasteiger partial charge in [-0.25, -0.2) is 0 Å². The lowest BCUT2D eigenvalue weighted by Crippen LogP contribution is -2.42. The van der Waals surface area contributed by atoms with Gasteiger partial charge in [0, 0.05) is 16.3 Å². The molecule has 2 nitrogen and oxygen atoms in total. The Balaban J connectivity index is 2.04. The predicted octanol–water partition coefficient (Wildman–Crippen LogP) is 4.09. The van der Waals surface area contributed by atoms with Gasteiger partial charge in [0.2, 0.25) is 0 Å². The minimum atomic E-state index is -1.01. The number of ether oxygens (including phenoxy) is 1. The van der Waals surface area contributed by atoms with Crippen molar-refractivity contribution in [2.75, 3.05) is 6.61 Å². The summed E-state index contributed by atoms with van der Waals surface area (Å²) in [6.45, 7) is 0.703. The number of hydrogen-bond donors (Lipinski definition) is 1. The fourth-order valence-electron chi connectivity index (χ4n) is 2.43. The highest BCUT2D eigenvalue weighted by Crippen LogP contribution is 2.54. The second-order valence-corrected chi connectivity index (χ2v) is 7.44. The third-order valence-electron chi connectivity index (χ3n) is 3.48. The minimum Gasteiger partial charge on any atom is -0.365 e. The molecule has 1 fully saturated rings. The Kier molecular flexibility index (Phi) is 3.48. The maximum atomic E-state index is 11.0. The van der Waals surface area contributed by atoms with E-state index in [-0.39, 0.29) is 0 Å². The van der Waals surface area contributed by atoms with Gasteiger partial charge < -0.3 is 4.74 Å². The van der Waals surface area contributed by atoms with E-state index in [0.29, 0.717) is 16.5 Å². The molecule has 0 aliphatic carbocycles. The molecule has 0 saturated carbocycles. The van der Waals surface area contributed by atoms with Crippen LogP contribution in [0.15, 0.2) is 46.2 Å². The molecule has 0 N–H and O–H groups in total. The van der Waals surface area contributed by atoms with Crippen molar-refractivity contribution in [3.8, 4) is 0 Å². The maximum absolute atomic E-state index is 11.0. The van der Waals surface area contributed by atoms with Crippen LogP contribution in [0.5, 0.6) is 0 Å². The van der Waals surface area contributed by atoms with E-state index < -0.39 is 15.7 Å². The topological polar surface area (TPSA) is 26.3 Å². The number of benzene rings is 1. The SMILES string of the molecule is O=CC1=CC(C2(c3cccc(Cl)c3)CCO2)=C[SH]1Cl. The van der Waals surface area contributed by atoms with Crippen LogP contribution in [0.2, 0.25) is 5.02 Å². The van der Waals surface area contributed by atoms with Crippen molar-refractivity contribution >= 4 is 38.7 Å². The van der Waals surface area contributed by atoms with Crippen molar-refractivity contribution in [2.45, 2.75) is 12.0 Å². The van der Waals surface area contributed by atoms with Gasteiger partial charge >= 0.3 is 0 Å².